The average Bonchev–Trinajstić information content (AvgIpc) is 2.71. The van der Waals surface area contributed by atoms with E-state index in [0.29, 0.717) is 22.0 Å². The van der Waals surface area contributed by atoms with E-state index < -0.39 is 0 Å². The first-order valence-corrected chi connectivity index (χ1v) is 9.18. The van der Waals surface area contributed by atoms with Crippen LogP contribution >= 0.6 is 11.6 Å². The number of hydrogen-bond acceptors (Lipinski definition) is 2. The largest absolute Gasteiger partial charge is 0.346 e. The van der Waals surface area contributed by atoms with Gasteiger partial charge in [0.2, 0.25) is 0 Å². The van der Waals surface area contributed by atoms with Gasteiger partial charge in [0.05, 0.1) is 6.04 Å². The summed E-state index contributed by atoms with van der Waals surface area (Å²) in [5, 5.41) is 8.99. The van der Waals surface area contributed by atoms with E-state index in [4.69, 9.17) is 11.6 Å². The van der Waals surface area contributed by atoms with Crippen molar-refractivity contribution in [2.45, 2.75) is 13.0 Å². The van der Waals surface area contributed by atoms with Crippen LogP contribution in [0.4, 0.5) is 16.2 Å². The predicted molar refractivity (Wildman–Crippen MR) is 113 cm³/mol. The van der Waals surface area contributed by atoms with Crippen molar-refractivity contribution in [3.63, 3.8) is 0 Å². The molecule has 3 rings (SSSR count). The molecule has 0 saturated heterocycles. The molecule has 0 aliphatic carbocycles. The van der Waals surface area contributed by atoms with Crippen LogP contribution in [-0.4, -0.2) is 11.9 Å². The van der Waals surface area contributed by atoms with Gasteiger partial charge in [0.15, 0.2) is 0 Å². The average molecular weight is 394 g/mol. The number of rotatable bonds is 5. The number of anilines is 2. The smallest absolute Gasteiger partial charge is 0.323 e. The summed E-state index contributed by atoms with van der Waals surface area (Å²) in [6.07, 6.45) is 0. The van der Waals surface area contributed by atoms with Gasteiger partial charge in [0.1, 0.15) is 0 Å². The molecule has 0 spiro atoms. The molecule has 3 amide bonds. The van der Waals surface area contributed by atoms with Crippen LogP contribution in [0.3, 0.4) is 0 Å². The molecular weight excluding hydrogens is 374 g/mol. The van der Waals surface area contributed by atoms with Crippen molar-refractivity contribution in [1.29, 1.82) is 0 Å². The van der Waals surface area contributed by atoms with E-state index in [9.17, 15) is 9.59 Å². The number of halogens is 1. The van der Waals surface area contributed by atoms with Crippen molar-refractivity contribution >= 4 is 34.9 Å². The topological polar surface area (TPSA) is 70.2 Å². The Hall–Kier alpha value is -3.31. The second-order valence-electron chi connectivity index (χ2n) is 6.27. The van der Waals surface area contributed by atoms with Gasteiger partial charge >= 0.3 is 6.03 Å². The van der Waals surface area contributed by atoms with Gasteiger partial charge in [-0.2, -0.15) is 0 Å². The van der Waals surface area contributed by atoms with Crippen LogP contribution in [0.15, 0.2) is 78.9 Å². The number of amides is 3. The highest BCUT2D eigenvalue weighted by Gasteiger charge is 2.11. The van der Waals surface area contributed by atoms with Crippen LogP contribution < -0.4 is 16.0 Å². The molecule has 3 aromatic rings. The minimum Gasteiger partial charge on any atom is -0.346 e. The third-order valence-corrected chi connectivity index (χ3v) is 4.41. The molecular formula is C22H20ClN3O2. The number of hydrogen-bond donors (Lipinski definition) is 3. The number of urea groups is 1. The van der Waals surface area contributed by atoms with Crippen LogP contribution in [-0.2, 0) is 0 Å². The van der Waals surface area contributed by atoms with Crippen molar-refractivity contribution < 1.29 is 9.59 Å². The fourth-order valence-corrected chi connectivity index (χ4v) is 2.76. The van der Waals surface area contributed by atoms with Gasteiger partial charge in [-0.25, -0.2) is 4.79 Å². The van der Waals surface area contributed by atoms with Gasteiger partial charge in [0.25, 0.3) is 5.91 Å². The lowest BCUT2D eigenvalue weighted by Gasteiger charge is -2.14. The molecule has 28 heavy (non-hydrogen) atoms. The maximum Gasteiger partial charge on any atom is 0.323 e. The van der Waals surface area contributed by atoms with Gasteiger partial charge in [-0.1, -0.05) is 41.9 Å². The summed E-state index contributed by atoms with van der Waals surface area (Å²) in [5.74, 6) is -0.173. The summed E-state index contributed by atoms with van der Waals surface area (Å²) >= 11 is 5.82. The van der Waals surface area contributed by atoms with Crippen LogP contribution in [0.5, 0.6) is 0 Å². The first kappa shape index (κ1) is 19.5. The molecule has 1 unspecified atom stereocenters. The monoisotopic (exact) mass is 393 g/mol. The standard InChI is InChI=1S/C22H20ClN3O2/c1-15(16-5-3-2-4-6-16)24-21(27)17-7-11-19(12-8-17)25-22(28)26-20-13-9-18(23)10-14-20/h2-15H,1H3,(H,24,27)(H2,25,26,28). The van der Waals surface area contributed by atoms with E-state index in [1.807, 2.05) is 37.3 Å². The highest BCUT2D eigenvalue weighted by molar-refractivity contribution is 6.30. The zero-order chi connectivity index (χ0) is 19.9. The van der Waals surface area contributed by atoms with Crippen LogP contribution in [0, 0.1) is 0 Å². The molecule has 0 radical (unpaired) electrons. The normalized spacial score (nSPS) is 11.4. The van der Waals surface area contributed by atoms with E-state index in [2.05, 4.69) is 16.0 Å². The summed E-state index contributed by atoms with van der Waals surface area (Å²) in [5.41, 5.74) is 2.77. The zero-order valence-corrected chi connectivity index (χ0v) is 16.0. The lowest BCUT2D eigenvalue weighted by atomic mass is 10.1. The quantitative estimate of drug-likeness (QED) is 0.537. The van der Waals surface area contributed by atoms with Crippen LogP contribution in [0.25, 0.3) is 0 Å². The molecule has 0 heterocycles. The summed E-state index contributed by atoms with van der Waals surface area (Å²) in [6.45, 7) is 1.93. The van der Waals surface area contributed by atoms with E-state index in [1.54, 1.807) is 48.5 Å². The Kier molecular flexibility index (Phi) is 6.29. The van der Waals surface area contributed by atoms with Crippen molar-refractivity contribution in [3.8, 4) is 0 Å². The van der Waals surface area contributed by atoms with E-state index in [0.717, 1.165) is 5.56 Å². The maximum absolute atomic E-state index is 12.4. The Morgan fingerprint density at radius 2 is 1.32 bits per heavy atom. The van der Waals surface area contributed by atoms with Crippen molar-refractivity contribution in [3.05, 3.63) is 95.0 Å². The molecule has 0 fully saturated rings. The molecule has 1 atom stereocenters. The van der Waals surface area contributed by atoms with Crippen molar-refractivity contribution in [1.82, 2.24) is 5.32 Å². The zero-order valence-electron chi connectivity index (χ0n) is 15.3. The molecule has 0 aromatic heterocycles. The number of nitrogens with one attached hydrogen (secondary N) is 3. The molecule has 5 nitrogen and oxygen atoms in total. The van der Waals surface area contributed by atoms with Gasteiger partial charge < -0.3 is 16.0 Å². The number of benzene rings is 3. The molecule has 0 aliphatic rings. The molecule has 142 valence electrons. The second-order valence-corrected chi connectivity index (χ2v) is 6.71. The third-order valence-electron chi connectivity index (χ3n) is 4.15. The molecule has 3 aromatic carbocycles. The van der Waals surface area contributed by atoms with Gasteiger partial charge in [-0.05, 0) is 61.0 Å². The highest BCUT2D eigenvalue weighted by atomic mass is 35.5. The minimum atomic E-state index is -0.378. The van der Waals surface area contributed by atoms with Gasteiger partial charge in [-0.15, -0.1) is 0 Å². The molecule has 6 heteroatoms. The fraction of sp³-hybridized carbons (Fsp3) is 0.0909. The Labute approximate surface area is 168 Å². The summed E-state index contributed by atoms with van der Waals surface area (Å²) in [4.78, 5) is 24.5. The Morgan fingerprint density at radius 1 is 0.786 bits per heavy atom. The number of carbonyl (C=O) groups is 2. The minimum absolute atomic E-state index is 0.100. The maximum atomic E-state index is 12.4. The Morgan fingerprint density at radius 3 is 1.89 bits per heavy atom. The summed E-state index contributed by atoms with van der Waals surface area (Å²) in [7, 11) is 0. The molecule has 0 aliphatic heterocycles. The van der Waals surface area contributed by atoms with Crippen molar-refractivity contribution in [2.24, 2.45) is 0 Å². The van der Waals surface area contributed by atoms with Gasteiger partial charge in [0, 0.05) is 22.0 Å². The Bertz CT molecular complexity index is 942. The van der Waals surface area contributed by atoms with E-state index in [-0.39, 0.29) is 18.0 Å². The van der Waals surface area contributed by atoms with Gasteiger partial charge in [-0.3, -0.25) is 4.79 Å². The number of carbonyl (C=O) groups excluding carboxylic acids is 2. The lowest BCUT2D eigenvalue weighted by molar-refractivity contribution is 0.0940. The van der Waals surface area contributed by atoms with Crippen molar-refractivity contribution in [2.75, 3.05) is 10.6 Å². The Balaban J connectivity index is 1.56. The predicted octanol–water partition coefficient (Wildman–Crippen LogP) is 5.48. The first-order valence-electron chi connectivity index (χ1n) is 8.81. The van der Waals surface area contributed by atoms with E-state index >= 15 is 0 Å². The summed E-state index contributed by atoms with van der Waals surface area (Å²) < 4.78 is 0. The van der Waals surface area contributed by atoms with E-state index in [1.165, 1.54) is 0 Å². The molecule has 0 bridgehead atoms. The second kappa shape index (κ2) is 9.06. The summed E-state index contributed by atoms with van der Waals surface area (Å²) in [6, 6.07) is 22.8. The third kappa shape index (κ3) is 5.34. The van der Waals surface area contributed by atoms with Crippen LogP contribution in [0.1, 0.15) is 28.9 Å². The lowest BCUT2D eigenvalue weighted by Crippen LogP contribution is -2.26. The molecule has 0 saturated carbocycles. The first-order chi connectivity index (χ1) is 13.5. The fourth-order valence-electron chi connectivity index (χ4n) is 2.64. The molecule has 3 N–H and O–H groups in total. The SMILES string of the molecule is CC(NC(=O)c1ccc(NC(=O)Nc2ccc(Cl)cc2)cc1)c1ccccc1. The van der Waals surface area contributed by atoms with Crippen LogP contribution in [0.2, 0.25) is 5.02 Å². The highest BCUT2D eigenvalue weighted by Crippen LogP contribution is 2.16.